The van der Waals surface area contributed by atoms with Crippen LogP contribution in [0.2, 0.25) is 0 Å². The van der Waals surface area contributed by atoms with Gasteiger partial charge < -0.3 is 4.74 Å². The average Bonchev–Trinajstić information content (AvgIpc) is 3.61. The molecule has 7 aromatic carbocycles. The van der Waals surface area contributed by atoms with Crippen molar-refractivity contribution in [2.75, 3.05) is 0 Å². The number of fused-ring (bicyclic) bond motifs is 8. The van der Waals surface area contributed by atoms with Crippen molar-refractivity contribution in [3.63, 3.8) is 0 Å². The van der Waals surface area contributed by atoms with E-state index in [0.717, 1.165) is 61.0 Å². The van der Waals surface area contributed by atoms with Crippen molar-refractivity contribution in [1.82, 2.24) is 19.9 Å². The fourth-order valence-electron chi connectivity index (χ4n) is 9.09. The van der Waals surface area contributed by atoms with Gasteiger partial charge in [-0.15, -0.1) is 0 Å². The molecule has 0 amide bonds. The van der Waals surface area contributed by atoms with Crippen LogP contribution in [0.15, 0.2) is 218 Å². The third kappa shape index (κ3) is 5.63. The zero-order chi connectivity index (χ0) is 40.0. The van der Waals surface area contributed by atoms with E-state index in [9.17, 15) is 0 Å². The molecule has 0 unspecified atom stereocenters. The average molecular weight is 769 g/mol. The minimum Gasteiger partial charge on any atom is -0.457 e. The number of pyridine rings is 1. The van der Waals surface area contributed by atoms with Gasteiger partial charge in [0.15, 0.2) is 17.5 Å². The van der Waals surface area contributed by atoms with Gasteiger partial charge in [-0.3, -0.25) is 4.98 Å². The van der Waals surface area contributed by atoms with Crippen molar-refractivity contribution >= 4 is 16.8 Å². The first-order chi connectivity index (χ1) is 29.7. The Labute approximate surface area is 348 Å². The van der Waals surface area contributed by atoms with Gasteiger partial charge >= 0.3 is 0 Å². The maximum Gasteiger partial charge on any atom is 0.164 e. The highest BCUT2D eigenvalue weighted by Crippen LogP contribution is 2.61. The van der Waals surface area contributed by atoms with E-state index in [1.165, 1.54) is 22.3 Å². The van der Waals surface area contributed by atoms with Crippen molar-refractivity contribution < 1.29 is 4.74 Å². The van der Waals surface area contributed by atoms with E-state index >= 15 is 0 Å². The molecule has 0 bridgehead atoms. The largest absolute Gasteiger partial charge is 0.457 e. The van der Waals surface area contributed by atoms with Gasteiger partial charge in [0.05, 0.1) is 5.41 Å². The van der Waals surface area contributed by atoms with Crippen LogP contribution in [0.25, 0.3) is 73.3 Å². The molecule has 9 aromatic rings. The molecular weight excluding hydrogens is 733 g/mol. The molecule has 1 spiro atoms. The van der Waals surface area contributed by atoms with Crippen LogP contribution in [0.4, 0.5) is 0 Å². The summed E-state index contributed by atoms with van der Waals surface area (Å²) in [5.41, 5.74) is 12.0. The van der Waals surface area contributed by atoms with Gasteiger partial charge in [0.2, 0.25) is 0 Å². The predicted molar refractivity (Wildman–Crippen MR) is 242 cm³/mol. The maximum absolute atomic E-state index is 7.11. The SMILES string of the molecule is C=CC1=C(/C=C/c2ccccc2-c2nc(-c3ccccc3)nc(-c3ccccc3)n2)Oc2cc(-c3cccc4ccncc34)ccc2C12c1ccccc1-c1ccccc12. The summed E-state index contributed by atoms with van der Waals surface area (Å²) in [5.74, 6) is 3.30. The summed E-state index contributed by atoms with van der Waals surface area (Å²) in [5, 5.41) is 2.22. The van der Waals surface area contributed by atoms with Gasteiger partial charge in [-0.05, 0) is 62.5 Å². The highest BCUT2D eigenvalue weighted by atomic mass is 16.5. The Hall–Kier alpha value is -8.02. The standard InChI is InChI=1S/C55H36N4O/c1-2-46-50(31-29-36-16-9-10-22-42(36)54-58-52(38-17-5-3-6-18-38)57-53(59-54)39-19-7-4-8-20-39)60-51-34-40(41-25-15-21-37-32-33-56-35-45(37)41)28-30-49(51)55(46)47-26-13-11-23-43(47)44-24-12-14-27-48(44)55/h2-35H,1H2/b31-29+. The monoisotopic (exact) mass is 768 g/mol. The zero-order valence-corrected chi connectivity index (χ0v) is 32.5. The Morgan fingerprint density at radius 2 is 1.08 bits per heavy atom. The molecular formula is C55H36N4O. The summed E-state index contributed by atoms with van der Waals surface area (Å²) < 4.78 is 7.11. The first-order valence-electron chi connectivity index (χ1n) is 20.1. The maximum atomic E-state index is 7.11. The fraction of sp³-hybridized carbons (Fsp3) is 0.0182. The Balaban J connectivity index is 1.10. The molecule has 0 fully saturated rings. The molecule has 60 heavy (non-hydrogen) atoms. The van der Waals surface area contributed by atoms with Gasteiger partial charge in [0.1, 0.15) is 11.5 Å². The van der Waals surface area contributed by atoms with E-state index in [-0.39, 0.29) is 0 Å². The number of hydrogen-bond acceptors (Lipinski definition) is 5. The van der Waals surface area contributed by atoms with Crippen molar-refractivity contribution in [3.8, 4) is 62.2 Å². The fourth-order valence-corrected chi connectivity index (χ4v) is 9.09. The highest BCUT2D eigenvalue weighted by Gasteiger charge is 2.51. The van der Waals surface area contributed by atoms with E-state index in [0.29, 0.717) is 23.2 Å². The number of aromatic nitrogens is 4. The summed E-state index contributed by atoms with van der Waals surface area (Å²) in [6.07, 6.45) is 9.94. The Kier molecular flexibility index (Phi) is 8.45. The summed E-state index contributed by atoms with van der Waals surface area (Å²) in [6, 6.07) is 60.9. The van der Waals surface area contributed by atoms with Crippen molar-refractivity contribution in [3.05, 3.63) is 241 Å². The predicted octanol–water partition coefficient (Wildman–Crippen LogP) is 12.9. The summed E-state index contributed by atoms with van der Waals surface area (Å²) in [7, 11) is 0. The first-order valence-corrected chi connectivity index (χ1v) is 20.1. The molecule has 0 saturated carbocycles. The lowest BCUT2D eigenvalue weighted by Crippen LogP contribution is -2.34. The second-order valence-electron chi connectivity index (χ2n) is 15.0. The first kappa shape index (κ1) is 35.2. The van der Waals surface area contributed by atoms with Gasteiger partial charge in [0, 0.05) is 45.6 Å². The molecule has 3 heterocycles. The van der Waals surface area contributed by atoms with E-state index < -0.39 is 5.41 Å². The molecule has 0 N–H and O–H groups in total. The Morgan fingerprint density at radius 1 is 0.483 bits per heavy atom. The zero-order valence-electron chi connectivity index (χ0n) is 32.5. The molecule has 2 aromatic heterocycles. The van der Waals surface area contributed by atoms with Crippen LogP contribution < -0.4 is 4.74 Å². The molecule has 2 aliphatic rings. The van der Waals surface area contributed by atoms with E-state index in [4.69, 9.17) is 19.7 Å². The minimum atomic E-state index is -0.677. The third-order valence-electron chi connectivity index (χ3n) is 11.7. The van der Waals surface area contributed by atoms with Crippen LogP contribution in [0.5, 0.6) is 5.75 Å². The number of rotatable bonds is 7. The van der Waals surface area contributed by atoms with Crippen LogP contribution in [0.1, 0.15) is 22.3 Å². The third-order valence-corrected chi connectivity index (χ3v) is 11.7. The lowest BCUT2D eigenvalue weighted by molar-refractivity contribution is 0.403. The second-order valence-corrected chi connectivity index (χ2v) is 15.0. The van der Waals surface area contributed by atoms with Crippen LogP contribution in [-0.4, -0.2) is 19.9 Å². The summed E-state index contributed by atoms with van der Waals surface area (Å²) >= 11 is 0. The van der Waals surface area contributed by atoms with Gasteiger partial charge in [-0.1, -0.05) is 183 Å². The second kappa shape index (κ2) is 14.4. The summed E-state index contributed by atoms with van der Waals surface area (Å²) in [6.45, 7) is 4.46. The van der Waals surface area contributed by atoms with E-state index in [1.807, 2.05) is 91.3 Å². The van der Waals surface area contributed by atoms with Crippen LogP contribution >= 0.6 is 0 Å². The minimum absolute atomic E-state index is 0.583. The Bertz CT molecular complexity index is 3100. The smallest absolute Gasteiger partial charge is 0.164 e. The molecule has 1 aliphatic carbocycles. The van der Waals surface area contributed by atoms with Crippen LogP contribution in [-0.2, 0) is 5.41 Å². The van der Waals surface area contributed by atoms with E-state index in [2.05, 4.69) is 127 Å². The molecule has 0 radical (unpaired) electrons. The number of ether oxygens (including phenoxy) is 1. The Morgan fingerprint density at radius 3 is 1.77 bits per heavy atom. The highest BCUT2D eigenvalue weighted by molar-refractivity contribution is 5.97. The number of hydrogen-bond donors (Lipinski definition) is 0. The van der Waals surface area contributed by atoms with Crippen molar-refractivity contribution in [1.29, 1.82) is 0 Å². The molecule has 282 valence electrons. The van der Waals surface area contributed by atoms with Gasteiger partial charge in [-0.2, -0.15) is 0 Å². The number of benzene rings is 7. The van der Waals surface area contributed by atoms with Gasteiger partial charge in [0.25, 0.3) is 0 Å². The van der Waals surface area contributed by atoms with Gasteiger partial charge in [-0.25, -0.2) is 15.0 Å². The number of nitrogens with zero attached hydrogens (tertiary/aromatic N) is 4. The van der Waals surface area contributed by atoms with Crippen molar-refractivity contribution in [2.45, 2.75) is 5.41 Å². The normalized spacial score (nSPS) is 13.5. The van der Waals surface area contributed by atoms with E-state index in [1.54, 1.807) is 0 Å². The molecule has 0 atom stereocenters. The van der Waals surface area contributed by atoms with Crippen LogP contribution in [0, 0.1) is 0 Å². The molecule has 0 saturated heterocycles. The number of allylic oxidation sites excluding steroid dienone is 3. The molecule has 11 rings (SSSR count). The van der Waals surface area contributed by atoms with Crippen molar-refractivity contribution in [2.24, 2.45) is 0 Å². The summed E-state index contributed by atoms with van der Waals surface area (Å²) in [4.78, 5) is 19.5. The molecule has 5 heteroatoms. The quantitative estimate of drug-likeness (QED) is 0.162. The lowest BCUT2D eigenvalue weighted by atomic mass is 9.65. The topological polar surface area (TPSA) is 60.8 Å². The lowest BCUT2D eigenvalue weighted by Gasteiger charge is -2.40. The van der Waals surface area contributed by atoms with Crippen LogP contribution in [0.3, 0.4) is 0 Å². The molecule has 1 aliphatic heterocycles. The molecule has 5 nitrogen and oxygen atoms in total.